The van der Waals surface area contributed by atoms with Gasteiger partial charge in [0.25, 0.3) is 0 Å². The highest BCUT2D eigenvalue weighted by Crippen LogP contribution is 2.42. The molecule has 6 aromatic rings. The lowest BCUT2D eigenvalue weighted by atomic mass is 10.0. The van der Waals surface area contributed by atoms with Gasteiger partial charge in [-0.25, -0.2) is 4.85 Å². The lowest BCUT2D eigenvalue weighted by Crippen LogP contribution is -1.76. The minimum absolute atomic E-state index is 0.614. The second kappa shape index (κ2) is 5.33. The van der Waals surface area contributed by atoms with E-state index >= 15 is 0 Å². The van der Waals surface area contributed by atoms with E-state index in [-0.39, 0.29) is 0 Å². The van der Waals surface area contributed by atoms with E-state index in [2.05, 4.69) is 35.2 Å². The summed E-state index contributed by atoms with van der Waals surface area (Å²) >= 11 is 1.74. The van der Waals surface area contributed by atoms with Crippen molar-refractivity contribution in [2.45, 2.75) is 0 Å². The summed E-state index contributed by atoms with van der Waals surface area (Å²) in [4.78, 5) is 3.54. The first-order valence-electron chi connectivity index (χ1n) is 8.78. The monoisotopic (exact) mass is 374 g/mol. The van der Waals surface area contributed by atoms with Crippen LogP contribution in [-0.2, 0) is 0 Å². The molecule has 0 radical (unpaired) electrons. The molecule has 4 heteroatoms. The molecular formula is C24H10N2OS. The van der Waals surface area contributed by atoms with E-state index in [9.17, 15) is 5.26 Å². The fourth-order valence-electron chi connectivity index (χ4n) is 4.00. The Morgan fingerprint density at radius 2 is 1.57 bits per heavy atom. The van der Waals surface area contributed by atoms with Crippen molar-refractivity contribution in [2.24, 2.45) is 0 Å². The van der Waals surface area contributed by atoms with Gasteiger partial charge >= 0.3 is 0 Å². The first-order valence-corrected chi connectivity index (χ1v) is 9.60. The maximum absolute atomic E-state index is 9.23. The summed E-state index contributed by atoms with van der Waals surface area (Å²) in [5.41, 5.74) is 2.94. The zero-order chi connectivity index (χ0) is 18.8. The van der Waals surface area contributed by atoms with Crippen LogP contribution in [-0.4, -0.2) is 0 Å². The molecule has 4 aromatic carbocycles. The van der Waals surface area contributed by atoms with Crippen molar-refractivity contribution in [1.29, 1.82) is 5.26 Å². The van der Waals surface area contributed by atoms with E-state index in [1.165, 1.54) is 9.40 Å². The molecule has 0 N–H and O–H groups in total. The van der Waals surface area contributed by atoms with Crippen LogP contribution in [0, 0.1) is 17.9 Å². The Hall–Kier alpha value is -3.86. The van der Waals surface area contributed by atoms with Crippen molar-refractivity contribution in [2.75, 3.05) is 0 Å². The summed E-state index contributed by atoms with van der Waals surface area (Å²) in [5, 5.41) is 15.7. The second-order valence-corrected chi connectivity index (χ2v) is 7.85. The molecule has 0 aliphatic rings. The Bertz CT molecular complexity index is 1560. The van der Waals surface area contributed by atoms with E-state index in [1.807, 2.05) is 30.3 Å². The van der Waals surface area contributed by atoms with E-state index in [0.29, 0.717) is 11.3 Å². The fourth-order valence-corrected chi connectivity index (χ4v) is 5.21. The summed E-state index contributed by atoms with van der Waals surface area (Å²) in [7, 11) is 0. The largest absolute Gasteiger partial charge is 0.456 e. The van der Waals surface area contributed by atoms with Crippen molar-refractivity contribution in [3.05, 3.63) is 77.6 Å². The quantitative estimate of drug-likeness (QED) is 0.258. The van der Waals surface area contributed by atoms with Gasteiger partial charge in [-0.15, -0.1) is 11.3 Å². The van der Waals surface area contributed by atoms with Crippen molar-refractivity contribution in [1.82, 2.24) is 0 Å². The van der Waals surface area contributed by atoms with Gasteiger partial charge in [0.05, 0.1) is 18.2 Å². The van der Waals surface area contributed by atoms with Gasteiger partial charge in [-0.05, 0) is 42.5 Å². The Morgan fingerprint density at radius 1 is 0.821 bits per heavy atom. The Morgan fingerprint density at radius 3 is 2.36 bits per heavy atom. The van der Waals surface area contributed by atoms with Crippen LogP contribution in [0.25, 0.3) is 57.7 Å². The maximum atomic E-state index is 9.23. The van der Waals surface area contributed by atoms with Gasteiger partial charge in [0, 0.05) is 41.7 Å². The highest BCUT2D eigenvalue weighted by Gasteiger charge is 2.14. The van der Waals surface area contributed by atoms with Crippen LogP contribution in [0.2, 0.25) is 0 Å². The van der Waals surface area contributed by atoms with Crippen molar-refractivity contribution < 1.29 is 4.42 Å². The third-order valence-corrected chi connectivity index (χ3v) is 6.53. The maximum Gasteiger partial charge on any atom is 0.188 e. The van der Waals surface area contributed by atoms with Crippen LogP contribution in [0.3, 0.4) is 0 Å². The molecule has 3 nitrogen and oxygen atoms in total. The zero-order valence-corrected chi connectivity index (χ0v) is 15.3. The number of hydrogen-bond acceptors (Lipinski definition) is 3. The highest BCUT2D eigenvalue weighted by molar-refractivity contribution is 7.26. The van der Waals surface area contributed by atoms with E-state index in [1.54, 1.807) is 17.4 Å². The molecule has 6 rings (SSSR count). The first-order chi connectivity index (χ1) is 13.8. The van der Waals surface area contributed by atoms with Gasteiger partial charge in [0.2, 0.25) is 0 Å². The Balaban J connectivity index is 1.76. The summed E-state index contributed by atoms with van der Waals surface area (Å²) in [6, 6.07) is 22.1. The third kappa shape index (κ3) is 1.90. The molecule has 2 aromatic heterocycles. The SMILES string of the molecule is [C-]#[N+]c1ccc2oc3c(ccc4c3ccc3c5cc(C#N)ccc5sc34)c2c1. The average Bonchev–Trinajstić information content (AvgIpc) is 3.30. The molecule has 0 fully saturated rings. The molecule has 128 valence electrons. The summed E-state index contributed by atoms with van der Waals surface area (Å²) in [6.07, 6.45) is 0. The highest BCUT2D eigenvalue weighted by atomic mass is 32.1. The molecule has 2 heterocycles. The smallest absolute Gasteiger partial charge is 0.188 e. The van der Waals surface area contributed by atoms with Crippen LogP contribution in [0.5, 0.6) is 0 Å². The van der Waals surface area contributed by atoms with Gasteiger partial charge in [0.1, 0.15) is 11.2 Å². The predicted molar refractivity (Wildman–Crippen MR) is 115 cm³/mol. The molecule has 0 bridgehead atoms. The second-order valence-electron chi connectivity index (χ2n) is 6.80. The number of furan rings is 1. The van der Waals surface area contributed by atoms with Crippen LogP contribution in [0.15, 0.2) is 65.1 Å². The molecule has 0 spiro atoms. The van der Waals surface area contributed by atoms with Gasteiger partial charge in [-0.2, -0.15) is 5.26 Å². The van der Waals surface area contributed by atoms with Crippen molar-refractivity contribution >= 4 is 69.9 Å². The predicted octanol–water partition coefficient (Wildman–Crippen LogP) is 7.53. The van der Waals surface area contributed by atoms with Gasteiger partial charge in [-0.3, -0.25) is 0 Å². The molecule has 0 unspecified atom stereocenters. The van der Waals surface area contributed by atoms with E-state index < -0.39 is 0 Å². The first kappa shape index (κ1) is 15.2. The number of nitriles is 1. The lowest BCUT2D eigenvalue weighted by Gasteiger charge is -2.01. The van der Waals surface area contributed by atoms with E-state index in [4.69, 9.17) is 11.0 Å². The normalized spacial score (nSPS) is 11.5. The van der Waals surface area contributed by atoms with Crippen molar-refractivity contribution in [3.63, 3.8) is 0 Å². The topological polar surface area (TPSA) is 41.3 Å². The number of rotatable bonds is 0. The summed E-state index contributed by atoms with van der Waals surface area (Å²) in [5.74, 6) is 0. The summed E-state index contributed by atoms with van der Waals surface area (Å²) in [6.45, 7) is 7.26. The molecular weight excluding hydrogens is 364 g/mol. The number of nitrogens with zero attached hydrogens (tertiary/aromatic N) is 2. The van der Waals surface area contributed by atoms with Crippen molar-refractivity contribution in [3.8, 4) is 6.07 Å². The van der Waals surface area contributed by atoms with Crippen LogP contribution in [0.1, 0.15) is 5.56 Å². The molecule has 0 aliphatic heterocycles. The molecule has 0 saturated carbocycles. The number of fused-ring (bicyclic) bond motifs is 9. The summed E-state index contributed by atoms with van der Waals surface area (Å²) < 4.78 is 8.56. The fraction of sp³-hybridized carbons (Fsp3) is 0. The van der Waals surface area contributed by atoms with Crippen LogP contribution >= 0.6 is 11.3 Å². The lowest BCUT2D eigenvalue weighted by molar-refractivity contribution is 0.673. The number of hydrogen-bond donors (Lipinski definition) is 0. The molecule has 0 saturated heterocycles. The number of benzene rings is 4. The number of thiophene rings is 1. The standard InChI is InChI=1S/C24H10N2OS/c1-26-14-3-8-21-19(11-14)16-5-6-17-15(23(16)27-21)4-7-18-20-10-13(12-25)2-9-22(20)28-24(17)18/h2-11H. The minimum atomic E-state index is 0.614. The van der Waals surface area contributed by atoms with E-state index in [0.717, 1.165) is 43.5 Å². The molecule has 0 aliphatic carbocycles. The molecule has 28 heavy (non-hydrogen) atoms. The van der Waals surface area contributed by atoms with Gasteiger partial charge < -0.3 is 4.42 Å². The average molecular weight is 374 g/mol. The van der Waals surface area contributed by atoms with Gasteiger partial charge in [-0.1, -0.05) is 18.2 Å². The third-order valence-electron chi connectivity index (χ3n) is 5.31. The Labute approximate surface area is 163 Å². The molecule has 0 atom stereocenters. The minimum Gasteiger partial charge on any atom is -0.456 e. The van der Waals surface area contributed by atoms with Crippen LogP contribution < -0.4 is 0 Å². The van der Waals surface area contributed by atoms with Crippen LogP contribution in [0.4, 0.5) is 5.69 Å². The zero-order valence-electron chi connectivity index (χ0n) is 14.5. The Kier molecular flexibility index (Phi) is 2.90. The molecule has 0 amide bonds. The van der Waals surface area contributed by atoms with Gasteiger partial charge in [0.15, 0.2) is 5.69 Å².